The number of nitro benzene ring substituents is 1. The number of hydrogen-bond donors (Lipinski definition) is 0. The molecule has 0 aliphatic heterocycles. The molecule has 0 bridgehead atoms. The molecule has 2 aromatic rings. The molecule has 8 nitrogen and oxygen atoms in total. The number of non-ortho nitro benzene ring substituents is 1. The van der Waals surface area contributed by atoms with Crippen molar-refractivity contribution in [3.8, 4) is 11.5 Å². The van der Waals surface area contributed by atoms with Crippen LogP contribution in [-0.2, 0) is 10.0 Å². The summed E-state index contributed by atoms with van der Waals surface area (Å²) in [6.45, 7) is 0. The number of halogens is 1. The van der Waals surface area contributed by atoms with E-state index in [1.165, 1.54) is 51.6 Å². The summed E-state index contributed by atoms with van der Waals surface area (Å²) in [4.78, 5) is 10.0. The maximum absolute atomic E-state index is 12.8. The number of nitro groups is 1. The normalized spacial score (nSPS) is 11.0. The summed E-state index contributed by atoms with van der Waals surface area (Å²) >= 11 is 6.02. The molecule has 25 heavy (non-hydrogen) atoms. The van der Waals surface area contributed by atoms with Gasteiger partial charge in [-0.25, -0.2) is 8.42 Å². The Morgan fingerprint density at radius 1 is 1.12 bits per heavy atom. The second-order valence-electron chi connectivity index (χ2n) is 4.89. The van der Waals surface area contributed by atoms with Gasteiger partial charge >= 0.3 is 0 Å². The Balaban J connectivity index is 2.57. The van der Waals surface area contributed by atoms with E-state index in [1.807, 2.05) is 0 Å². The van der Waals surface area contributed by atoms with Crippen LogP contribution in [-0.4, -0.2) is 34.6 Å². The average Bonchev–Trinajstić information content (AvgIpc) is 2.60. The van der Waals surface area contributed by atoms with Crippen LogP contribution >= 0.6 is 11.6 Å². The predicted octanol–water partition coefficient (Wildman–Crippen LogP) is 3.09. The highest BCUT2D eigenvalue weighted by atomic mass is 35.5. The number of methoxy groups -OCH3 is 2. The number of rotatable bonds is 6. The number of nitrogens with zero attached hydrogens (tertiary/aromatic N) is 2. The molecule has 0 amide bonds. The van der Waals surface area contributed by atoms with Crippen LogP contribution in [0.5, 0.6) is 11.5 Å². The van der Waals surface area contributed by atoms with Crippen molar-refractivity contribution in [2.24, 2.45) is 0 Å². The Hall–Kier alpha value is -2.52. The van der Waals surface area contributed by atoms with E-state index in [4.69, 9.17) is 21.1 Å². The lowest BCUT2D eigenvalue weighted by Crippen LogP contribution is -2.27. The summed E-state index contributed by atoms with van der Waals surface area (Å²) in [5.74, 6) is 0.473. The Morgan fingerprint density at radius 2 is 1.76 bits per heavy atom. The highest BCUT2D eigenvalue weighted by Crippen LogP contribution is 2.39. The van der Waals surface area contributed by atoms with Gasteiger partial charge < -0.3 is 9.47 Å². The van der Waals surface area contributed by atoms with Crippen molar-refractivity contribution in [3.63, 3.8) is 0 Å². The van der Waals surface area contributed by atoms with Crippen LogP contribution in [0.1, 0.15) is 0 Å². The summed E-state index contributed by atoms with van der Waals surface area (Å²) in [6.07, 6.45) is 0. The van der Waals surface area contributed by atoms with Gasteiger partial charge in [0.15, 0.2) is 0 Å². The average molecular weight is 387 g/mol. The zero-order valence-electron chi connectivity index (χ0n) is 13.6. The first-order chi connectivity index (χ1) is 11.7. The fraction of sp³-hybridized carbons (Fsp3) is 0.200. The molecule has 0 aliphatic carbocycles. The van der Waals surface area contributed by atoms with E-state index in [-0.39, 0.29) is 32.8 Å². The smallest absolute Gasteiger partial charge is 0.270 e. The molecule has 0 radical (unpaired) electrons. The number of hydrogen-bond acceptors (Lipinski definition) is 6. The first kappa shape index (κ1) is 18.8. The van der Waals surface area contributed by atoms with Crippen molar-refractivity contribution in [2.45, 2.75) is 4.90 Å². The monoisotopic (exact) mass is 386 g/mol. The molecule has 0 heterocycles. The van der Waals surface area contributed by atoms with Crippen LogP contribution in [0.4, 0.5) is 11.4 Å². The Labute approximate surface area is 149 Å². The van der Waals surface area contributed by atoms with E-state index in [1.54, 1.807) is 0 Å². The van der Waals surface area contributed by atoms with E-state index < -0.39 is 14.9 Å². The highest BCUT2D eigenvalue weighted by molar-refractivity contribution is 7.92. The van der Waals surface area contributed by atoms with E-state index in [0.717, 1.165) is 10.4 Å². The summed E-state index contributed by atoms with van der Waals surface area (Å²) in [6, 6.07) is 7.62. The second-order valence-corrected chi connectivity index (χ2v) is 7.26. The van der Waals surface area contributed by atoms with Crippen molar-refractivity contribution in [3.05, 3.63) is 51.5 Å². The summed E-state index contributed by atoms with van der Waals surface area (Å²) < 4.78 is 36.9. The lowest BCUT2D eigenvalue weighted by molar-refractivity contribution is -0.385. The van der Waals surface area contributed by atoms with Crippen molar-refractivity contribution in [2.75, 3.05) is 25.6 Å². The Morgan fingerprint density at radius 3 is 2.32 bits per heavy atom. The quantitative estimate of drug-likeness (QED) is 0.558. The zero-order chi connectivity index (χ0) is 18.8. The summed E-state index contributed by atoms with van der Waals surface area (Å²) in [5, 5.41) is 11.1. The minimum absolute atomic E-state index is 0.176. The Bertz CT molecular complexity index is 916. The van der Waals surface area contributed by atoms with Crippen LogP contribution in [0, 0.1) is 10.1 Å². The first-order valence-corrected chi connectivity index (χ1v) is 8.69. The molecule has 2 rings (SSSR count). The molecule has 0 aromatic heterocycles. The van der Waals surface area contributed by atoms with Gasteiger partial charge in [-0.05, 0) is 6.07 Å². The molecule has 134 valence electrons. The number of sulfonamides is 1. The predicted molar refractivity (Wildman–Crippen MR) is 93.2 cm³/mol. The summed E-state index contributed by atoms with van der Waals surface area (Å²) in [7, 11) is 0.00255. The van der Waals surface area contributed by atoms with Gasteiger partial charge in [0, 0.05) is 31.3 Å². The van der Waals surface area contributed by atoms with E-state index >= 15 is 0 Å². The molecule has 0 fully saturated rings. The van der Waals surface area contributed by atoms with Crippen LogP contribution in [0.15, 0.2) is 41.3 Å². The second kappa shape index (κ2) is 7.16. The summed E-state index contributed by atoms with van der Waals surface area (Å²) in [5.41, 5.74) is -0.148. The van der Waals surface area contributed by atoms with Gasteiger partial charge in [0.2, 0.25) is 0 Å². The van der Waals surface area contributed by atoms with Crippen molar-refractivity contribution in [1.82, 2.24) is 0 Å². The van der Waals surface area contributed by atoms with E-state index in [0.29, 0.717) is 0 Å². The molecule has 2 aromatic carbocycles. The highest BCUT2D eigenvalue weighted by Gasteiger charge is 2.26. The molecule has 0 spiro atoms. The third-order valence-corrected chi connectivity index (χ3v) is 5.54. The lowest BCUT2D eigenvalue weighted by Gasteiger charge is -2.22. The fourth-order valence-electron chi connectivity index (χ4n) is 2.14. The van der Waals surface area contributed by atoms with Crippen LogP contribution in [0.2, 0.25) is 5.02 Å². The van der Waals surface area contributed by atoms with Crippen LogP contribution in [0.25, 0.3) is 0 Å². The third-order valence-electron chi connectivity index (χ3n) is 3.48. The SMILES string of the molecule is COc1cc(N(C)S(=O)(=O)c2cccc([N+](=O)[O-])c2)c(OC)cc1Cl. The van der Waals surface area contributed by atoms with Gasteiger partial charge in [-0.1, -0.05) is 17.7 Å². The third kappa shape index (κ3) is 3.62. The first-order valence-electron chi connectivity index (χ1n) is 6.87. The van der Waals surface area contributed by atoms with Crippen LogP contribution in [0.3, 0.4) is 0 Å². The van der Waals surface area contributed by atoms with Crippen molar-refractivity contribution >= 4 is 33.0 Å². The zero-order valence-corrected chi connectivity index (χ0v) is 15.2. The maximum Gasteiger partial charge on any atom is 0.270 e. The minimum atomic E-state index is -4.07. The topological polar surface area (TPSA) is 99.0 Å². The van der Waals surface area contributed by atoms with Gasteiger partial charge in [0.25, 0.3) is 15.7 Å². The fourth-order valence-corrected chi connectivity index (χ4v) is 3.60. The van der Waals surface area contributed by atoms with Crippen LogP contribution < -0.4 is 13.8 Å². The van der Waals surface area contributed by atoms with Gasteiger partial charge in [-0.3, -0.25) is 14.4 Å². The minimum Gasteiger partial charge on any atom is -0.495 e. The number of anilines is 1. The van der Waals surface area contributed by atoms with Gasteiger partial charge in [-0.2, -0.15) is 0 Å². The molecule has 0 aliphatic rings. The molecule has 0 saturated heterocycles. The van der Waals surface area contributed by atoms with E-state index in [2.05, 4.69) is 0 Å². The number of benzene rings is 2. The standard InChI is InChI=1S/C15H15ClN2O6S/c1-17(13-9-14(23-2)12(16)8-15(13)24-3)25(21,22)11-6-4-5-10(7-11)18(19)20/h4-9H,1-3H3. The molecule has 0 atom stereocenters. The van der Waals surface area contributed by atoms with E-state index in [9.17, 15) is 18.5 Å². The van der Waals surface area contributed by atoms with Gasteiger partial charge in [0.05, 0.1) is 34.7 Å². The van der Waals surface area contributed by atoms with Crippen molar-refractivity contribution < 1.29 is 22.8 Å². The molecule has 0 N–H and O–H groups in total. The molecular formula is C15H15ClN2O6S. The largest absolute Gasteiger partial charge is 0.495 e. The molecule has 0 saturated carbocycles. The molecule has 0 unspecified atom stereocenters. The lowest BCUT2D eigenvalue weighted by atomic mass is 10.2. The molecule has 10 heteroatoms. The van der Waals surface area contributed by atoms with Gasteiger partial charge in [0.1, 0.15) is 11.5 Å². The van der Waals surface area contributed by atoms with Crippen molar-refractivity contribution in [1.29, 1.82) is 0 Å². The maximum atomic E-state index is 12.8. The van der Waals surface area contributed by atoms with Gasteiger partial charge in [-0.15, -0.1) is 0 Å². The Kier molecular flexibility index (Phi) is 5.39. The molecular weight excluding hydrogens is 372 g/mol. The number of ether oxygens (including phenoxy) is 2.